The molecule has 0 aromatic heterocycles. The molecule has 1 rings (SSSR count). The Morgan fingerprint density at radius 3 is 1.58 bits per heavy atom. The zero-order valence-electron chi connectivity index (χ0n) is 5.97. The Balaban J connectivity index is 0.000000217. The molecule has 0 aliphatic rings. The first-order valence-electron chi connectivity index (χ1n) is 2.89. The Bertz CT molecular complexity index is 249. The monoisotopic (exact) mass is 262 g/mol. The molecule has 0 saturated heterocycles. The van der Waals surface area contributed by atoms with E-state index in [0.29, 0.717) is 0 Å². The Morgan fingerprint density at radius 2 is 1.42 bits per heavy atom. The number of phosphoric acid groups is 1. The first-order chi connectivity index (χ1) is 5.39. The van der Waals surface area contributed by atoms with Crippen molar-refractivity contribution in [1.82, 2.24) is 0 Å². The Morgan fingerprint density at radius 1 is 1.08 bits per heavy atom. The normalized spacial score (nSPS) is 10.1. The second-order valence-electron chi connectivity index (χ2n) is 1.81. The molecule has 0 bridgehead atoms. The van der Waals surface area contributed by atoms with E-state index in [1.165, 1.54) is 28.0 Å². The fraction of sp³-hybridized carbons (Fsp3) is 0. The molecule has 0 spiro atoms. The fourth-order valence-corrected chi connectivity index (χ4v) is 0.911. The van der Waals surface area contributed by atoms with E-state index in [0.717, 1.165) is 0 Å². The van der Waals surface area contributed by atoms with Crippen LogP contribution in [0.3, 0.4) is 0 Å². The van der Waals surface area contributed by atoms with Crippen molar-refractivity contribution in [3.8, 4) is 0 Å². The van der Waals surface area contributed by atoms with Crippen molar-refractivity contribution in [2.75, 3.05) is 0 Å². The molecule has 0 unspecified atom stereocenters. The predicted octanol–water partition coefficient (Wildman–Crippen LogP) is -1.97. The molecule has 0 fully saturated rings. The van der Waals surface area contributed by atoms with Crippen LogP contribution in [0, 0.1) is 0 Å². The molecular formula is C6H5O4PZr. The predicted molar refractivity (Wildman–Crippen MR) is 33.7 cm³/mol. The van der Waals surface area contributed by atoms with Gasteiger partial charge in [-0.1, -0.05) is 0 Å². The molecule has 0 N–H and O–H groups in total. The van der Waals surface area contributed by atoms with Gasteiger partial charge in [-0.2, -0.15) is 7.82 Å². The molecule has 4 nitrogen and oxygen atoms in total. The van der Waals surface area contributed by atoms with Crippen LogP contribution in [0.4, 0.5) is 0 Å². The van der Waals surface area contributed by atoms with Gasteiger partial charge in [-0.05, 0) is 0 Å². The molecule has 0 heterocycles. The third kappa shape index (κ3) is 12.9. The summed E-state index contributed by atoms with van der Waals surface area (Å²) in [7, 11) is -5.39. The van der Waals surface area contributed by atoms with Crippen LogP contribution >= 0.6 is 7.82 Å². The summed E-state index contributed by atoms with van der Waals surface area (Å²) in [6.07, 6.45) is 0. The minimum atomic E-state index is -5.39. The molecule has 0 aliphatic heterocycles. The molecule has 0 radical (unpaired) electrons. The first-order valence-corrected chi connectivity index (χ1v) is 5.58. The van der Waals surface area contributed by atoms with Crippen molar-refractivity contribution in [2.45, 2.75) is 0 Å². The quantitative estimate of drug-likeness (QED) is 0.508. The number of rotatable bonds is 0. The van der Waals surface area contributed by atoms with Gasteiger partial charge in [-0.3, -0.25) is 0 Å². The van der Waals surface area contributed by atoms with Gasteiger partial charge in [0.25, 0.3) is 0 Å². The molecule has 1 aromatic carbocycles. The summed E-state index contributed by atoms with van der Waals surface area (Å²) in [5.74, 6) is 0. The molecule has 6 heteroatoms. The van der Waals surface area contributed by atoms with Crippen molar-refractivity contribution in [1.29, 1.82) is 0 Å². The fourth-order valence-electron chi connectivity index (χ4n) is 0.438. The van der Waals surface area contributed by atoms with E-state index in [-0.39, 0.29) is 0 Å². The Labute approximate surface area is 85.3 Å². The Kier molecular flexibility index (Phi) is 5.89. The molecule has 0 saturated carbocycles. The molecule has 0 aliphatic carbocycles. The Hall–Kier alpha value is 0.213. The van der Waals surface area contributed by atoms with Gasteiger partial charge in [0.15, 0.2) is 0 Å². The van der Waals surface area contributed by atoms with Crippen LogP contribution in [0.25, 0.3) is 0 Å². The zero-order valence-corrected chi connectivity index (χ0v) is 9.32. The van der Waals surface area contributed by atoms with E-state index in [9.17, 15) is 0 Å². The molecule has 0 amide bonds. The van der Waals surface area contributed by atoms with Crippen LogP contribution in [0.1, 0.15) is 0 Å². The van der Waals surface area contributed by atoms with E-state index in [1.807, 2.05) is 6.07 Å². The second kappa shape index (κ2) is 5.79. The van der Waals surface area contributed by atoms with Crippen molar-refractivity contribution in [2.24, 2.45) is 0 Å². The first kappa shape index (κ1) is 12.2. The minimum absolute atomic E-state index is 1.41. The third-order valence-corrected chi connectivity index (χ3v) is 1.59. The van der Waals surface area contributed by atoms with Gasteiger partial charge in [-0.15, -0.1) is 0 Å². The third-order valence-electron chi connectivity index (χ3n) is 0.774. The van der Waals surface area contributed by atoms with Gasteiger partial charge in [-0.25, -0.2) is 0 Å². The SMILES string of the molecule is O=P([O-])([O-])[O-].[Zr+3][c]1ccccc1. The van der Waals surface area contributed by atoms with E-state index >= 15 is 0 Å². The van der Waals surface area contributed by atoms with Crippen LogP contribution in [-0.2, 0) is 29.3 Å². The summed E-state index contributed by atoms with van der Waals surface area (Å²) in [6.45, 7) is 0. The van der Waals surface area contributed by atoms with Gasteiger partial charge >= 0.3 is 58.3 Å². The second-order valence-corrected chi connectivity index (χ2v) is 4.13. The van der Waals surface area contributed by atoms with E-state index < -0.39 is 7.82 Å². The van der Waals surface area contributed by atoms with Crippen LogP contribution in [-0.4, -0.2) is 0 Å². The summed E-state index contributed by atoms with van der Waals surface area (Å²) >= 11 is 1.49. The van der Waals surface area contributed by atoms with E-state index in [2.05, 4.69) is 24.3 Å². The van der Waals surface area contributed by atoms with Crippen molar-refractivity contribution in [3.05, 3.63) is 30.3 Å². The number of hydrogen-bond acceptors (Lipinski definition) is 4. The summed E-state index contributed by atoms with van der Waals surface area (Å²) in [4.78, 5) is 25.6. The average Bonchev–Trinajstić information content (AvgIpc) is 1.85. The summed E-state index contributed by atoms with van der Waals surface area (Å²) in [6, 6.07) is 10.4. The zero-order chi connectivity index (χ0) is 9.61. The van der Waals surface area contributed by atoms with Gasteiger partial charge in [0.1, 0.15) is 0 Å². The summed E-state index contributed by atoms with van der Waals surface area (Å²) in [5.41, 5.74) is 0. The van der Waals surface area contributed by atoms with Gasteiger partial charge in [0.2, 0.25) is 0 Å². The molecular weight excluding hydrogens is 258 g/mol. The molecule has 0 atom stereocenters. The standard InChI is InChI=1S/C6H5.H3O4P.Zr/c1-2-4-6-5-3-1;1-5(2,3)4;/h1-5H;(H3,1,2,3,4);/q;;+3/p-3. The summed E-state index contributed by atoms with van der Waals surface area (Å²) in [5, 5.41) is 0. The average molecular weight is 263 g/mol. The van der Waals surface area contributed by atoms with Crippen molar-refractivity contribution >= 4 is 11.1 Å². The molecule has 12 heavy (non-hydrogen) atoms. The van der Waals surface area contributed by atoms with Crippen molar-refractivity contribution in [3.63, 3.8) is 0 Å². The number of hydrogen-bond donors (Lipinski definition) is 0. The molecule has 62 valence electrons. The molecule has 1 aromatic rings. The van der Waals surface area contributed by atoms with Gasteiger partial charge in [0, 0.05) is 0 Å². The maximum absolute atomic E-state index is 8.55. The summed E-state index contributed by atoms with van der Waals surface area (Å²) < 4.78 is 9.96. The van der Waals surface area contributed by atoms with Crippen LogP contribution < -0.4 is 18.0 Å². The van der Waals surface area contributed by atoms with Gasteiger partial charge < -0.3 is 19.2 Å². The van der Waals surface area contributed by atoms with Crippen LogP contribution in [0.15, 0.2) is 30.3 Å². The topological polar surface area (TPSA) is 86.2 Å². The van der Waals surface area contributed by atoms with E-state index in [4.69, 9.17) is 19.2 Å². The van der Waals surface area contributed by atoms with Crippen molar-refractivity contribution < 1.29 is 44.0 Å². The van der Waals surface area contributed by atoms with Gasteiger partial charge in [0.05, 0.1) is 0 Å². The maximum atomic E-state index is 8.55. The van der Waals surface area contributed by atoms with Crippen LogP contribution in [0.5, 0.6) is 0 Å². The number of benzene rings is 1. The van der Waals surface area contributed by atoms with E-state index in [1.54, 1.807) is 0 Å². The van der Waals surface area contributed by atoms with Crippen LogP contribution in [0.2, 0.25) is 0 Å².